The number of allylic oxidation sites excluding steroid dienone is 10. The van der Waals surface area contributed by atoms with Gasteiger partial charge in [-0.2, -0.15) is 0 Å². The van der Waals surface area contributed by atoms with Crippen LogP contribution in [0.4, 0.5) is 0 Å². The zero-order valence-corrected chi connectivity index (χ0v) is 63.7. The first kappa shape index (κ1) is 73.0. The van der Waals surface area contributed by atoms with Crippen molar-refractivity contribution in [3.63, 3.8) is 0 Å². The number of rotatable bonds is 16. The van der Waals surface area contributed by atoms with Crippen LogP contribution in [0, 0.1) is 174 Å². The van der Waals surface area contributed by atoms with E-state index in [-0.39, 0.29) is 45.8 Å². The molecule has 0 heterocycles. The number of hydrogen-bond acceptors (Lipinski definition) is 5. The summed E-state index contributed by atoms with van der Waals surface area (Å²) in [6.07, 6.45) is 48.9. The molecular formula is C90H138O5. The molecule has 0 bridgehead atoms. The van der Waals surface area contributed by atoms with Crippen molar-refractivity contribution < 1.29 is 24.0 Å². The molecule has 0 spiro atoms. The van der Waals surface area contributed by atoms with Gasteiger partial charge in [0.05, 0.1) is 0 Å². The first-order chi connectivity index (χ1) is 44.9. The minimum Gasteiger partial charge on any atom is -0.303 e. The van der Waals surface area contributed by atoms with Gasteiger partial charge in [-0.25, -0.2) is 0 Å². The lowest BCUT2D eigenvalue weighted by molar-refractivity contribution is -0.131. The normalized spacial score (nSPS) is 47.0. The molecule has 14 fully saturated rings. The molecule has 95 heavy (non-hydrogen) atoms. The minimum absolute atomic E-state index is 0.00560. The fraction of sp³-hybridized carbons (Fsp3) is 0.811. The van der Waals surface area contributed by atoms with Crippen LogP contribution in [-0.2, 0) is 24.0 Å². The van der Waals surface area contributed by atoms with E-state index >= 15 is 0 Å². The molecule has 0 aromatic rings. The molecule has 14 rings (SSSR count). The highest BCUT2D eigenvalue weighted by Crippen LogP contribution is 2.74. The third-order valence-electron chi connectivity index (χ3n) is 33.5. The van der Waals surface area contributed by atoms with Crippen LogP contribution in [0.5, 0.6) is 0 Å². The number of Topliss-reactive ketones (excluding diaryl/α,β-unsaturated/α-hetero) is 2. The van der Waals surface area contributed by atoms with Crippen LogP contribution in [0.1, 0.15) is 285 Å². The Balaban J connectivity index is 0.000000132. The van der Waals surface area contributed by atoms with Crippen molar-refractivity contribution in [1.29, 1.82) is 0 Å². The number of aldehydes is 3. The van der Waals surface area contributed by atoms with Crippen LogP contribution in [0.3, 0.4) is 0 Å². The zero-order chi connectivity index (χ0) is 68.9. The van der Waals surface area contributed by atoms with Gasteiger partial charge in [0.2, 0.25) is 0 Å². The molecule has 0 radical (unpaired) electrons. The Morgan fingerprint density at radius 1 is 0.400 bits per heavy atom. The summed E-state index contributed by atoms with van der Waals surface area (Å²) in [5.74, 6) is 14.5. The first-order valence-corrected chi connectivity index (χ1v) is 40.5. The van der Waals surface area contributed by atoms with E-state index in [1.807, 2.05) is 12.5 Å². The molecule has 14 saturated carbocycles. The van der Waals surface area contributed by atoms with Crippen molar-refractivity contribution in [1.82, 2.24) is 0 Å². The fourth-order valence-electron chi connectivity index (χ4n) is 27.2. The smallest absolute Gasteiger partial charge is 0.142 e. The quantitative estimate of drug-likeness (QED) is 0.114. The highest BCUT2D eigenvalue weighted by Gasteiger charge is 2.68. The Kier molecular flexibility index (Phi) is 21.2. The maximum Gasteiger partial charge on any atom is 0.142 e. The van der Waals surface area contributed by atoms with Crippen LogP contribution in [0.2, 0.25) is 0 Å². The standard InChI is InChI=1S/C30H48.C24H36O.C23H34O2.C13H20O2/c1-19(2)20(3)11-12-21(4)27-13-14-28-25(10-9-15-29(27,28)8)17-23(6)30-18-26(30)16-22(5)24(30)7;1-15-11-20-13-24(20,18(15)4)17(3)12-19-7-6-10-23(5)21(16(2)14-25)8-9-22(19)23;1-14-10-18-12-23(18,21(14)25)16(3)11-17-6-5-9-22(4)19(15(2)13-24)7-8-20(17)22;1-9(8-14)10-5-6-11-12(15)4-3-7-13(10,11)2/h11-12,17,19-23,26-28H,7,9-10,13-16,18H2,1-6,8H3;12,14-17,20-22H,4,6-11,13H2,1-3,5H3;11,13-16,18-20H,5-10,12H2,1-4H3;8-11H,3-7H2,1-2H3/b12-11+,25-17+;19-12+;17-11+;/t20-,21+,22-,23+,26?,27+,28-,29+,30-;15-,16+,17+,20?,21+,22-,23+,24-;14-,15+,16+,18?,19+,20-,22+,23+;9-,10-,11+,13-/m0001/s1. The monoisotopic (exact) mass is 1300 g/mol. The Labute approximate surface area is 581 Å². The second-order valence-corrected chi connectivity index (χ2v) is 38.4. The van der Waals surface area contributed by atoms with E-state index in [1.165, 1.54) is 135 Å². The van der Waals surface area contributed by atoms with Crippen LogP contribution >= 0.6 is 0 Å². The van der Waals surface area contributed by atoms with Gasteiger partial charge in [-0.15, -0.1) is 0 Å². The highest BCUT2D eigenvalue weighted by atomic mass is 16.1. The molecule has 0 amide bonds. The first-order valence-electron chi connectivity index (χ1n) is 40.5. The van der Waals surface area contributed by atoms with Gasteiger partial charge in [0, 0.05) is 52.3 Å². The summed E-state index contributed by atoms with van der Waals surface area (Å²) in [5, 5.41) is 0. The van der Waals surface area contributed by atoms with E-state index < -0.39 is 0 Å². The summed E-state index contributed by atoms with van der Waals surface area (Å²) in [5.41, 5.74) is 10.5. The predicted octanol–water partition coefficient (Wildman–Crippen LogP) is 22.9. The van der Waals surface area contributed by atoms with E-state index in [2.05, 4.69) is 154 Å². The number of hydrogen-bond donors (Lipinski definition) is 0. The SMILES string of the molecule is C=C1[C@@H](C)CC2C[C@]12[C@H](C)/C=C1\CCC[C@]2(C)[C@@H]([C@H](C)/C=C/[C@H](C)C(C)C)CC[C@@H]12.C=C1[C@@H](C)CC2C[C@]12[C@H](C)/C=C1\CCC[C@]2(C)[C@@H]([C@H](C)C=O)CC[C@@H]12.C[C@H](C=O)[C@H]1CC[C@H]2/C(=C/[C@@H](C)[C@]34CC3C[C@H](C)C4=O)CCC[C@]12C.C[C@H](C=O)[C@H]1CC[C@H]2C(=O)CCC[C@]12C. The Bertz CT molecular complexity index is 2910. The van der Waals surface area contributed by atoms with Crippen molar-refractivity contribution in [2.45, 2.75) is 285 Å². The van der Waals surface area contributed by atoms with Crippen molar-refractivity contribution in [2.75, 3.05) is 0 Å². The second kappa shape index (κ2) is 27.6. The molecule has 14 aliphatic rings. The Hall–Kier alpha value is -3.21. The number of ketones is 2. The van der Waals surface area contributed by atoms with Crippen LogP contribution in [0.15, 0.2) is 71.4 Å². The lowest BCUT2D eigenvalue weighted by atomic mass is 9.60. The molecule has 0 aliphatic heterocycles. The molecule has 3 unspecified atom stereocenters. The summed E-state index contributed by atoms with van der Waals surface area (Å²) in [7, 11) is 0. The van der Waals surface area contributed by atoms with Gasteiger partial charge < -0.3 is 14.4 Å². The average Bonchev–Trinajstić information content (AvgIpc) is 1.54. The van der Waals surface area contributed by atoms with Crippen LogP contribution in [-0.4, -0.2) is 30.4 Å². The van der Waals surface area contributed by atoms with Crippen molar-refractivity contribution >= 4 is 30.4 Å². The van der Waals surface area contributed by atoms with Gasteiger partial charge in [0.25, 0.3) is 0 Å². The molecular weight excluding hydrogens is 1160 g/mol. The fourth-order valence-corrected chi connectivity index (χ4v) is 27.2. The average molecular weight is 1300 g/mol. The zero-order valence-electron chi connectivity index (χ0n) is 63.7. The van der Waals surface area contributed by atoms with Gasteiger partial charge in [0.1, 0.15) is 30.4 Å². The molecule has 0 saturated heterocycles. The molecule has 528 valence electrons. The van der Waals surface area contributed by atoms with Gasteiger partial charge in [-0.1, -0.05) is 189 Å². The summed E-state index contributed by atoms with van der Waals surface area (Å²) in [4.78, 5) is 58.3. The molecule has 5 heteroatoms. The molecule has 14 aliphatic carbocycles. The van der Waals surface area contributed by atoms with Gasteiger partial charge >= 0.3 is 0 Å². The van der Waals surface area contributed by atoms with E-state index in [0.29, 0.717) is 92.4 Å². The van der Waals surface area contributed by atoms with Crippen LogP contribution in [0.25, 0.3) is 0 Å². The summed E-state index contributed by atoms with van der Waals surface area (Å²) in [6.45, 7) is 48.9. The van der Waals surface area contributed by atoms with Gasteiger partial charge in [-0.3, -0.25) is 9.59 Å². The molecule has 29 atom stereocenters. The molecule has 5 nitrogen and oxygen atoms in total. The van der Waals surface area contributed by atoms with Crippen molar-refractivity contribution in [3.05, 3.63) is 71.4 Å². The van der Waals surface area contributed by atoms with Gasteiger partial charge in [-0.05, 0) is 289 Å². The highest BCUT2D eigenvalue weighted by molar-refractivity contribution is 5.93. The maximum absolute atomic E-state index is 12.8. The van der Waals surface area contributed by atoms with Crippen molar-refractivity contribution in [2.24, 2.45) is 174 Å². The number of carbonyl (C=O) groups excluding carboxylic acids is 5. The van der Waals surface area contributed by atoms with E-state index in [0.717, 1.165) is 98.6 Å². The lowest BCUT2D eigenvalue weighted by Gasteiger charge is -2.44. The lowest BCUT2D eigenvalue weighted by Crippen LogP contribution is -2.39. The third kappa shape index (κ3) is 12.6. The summed E-state index contributed by atoms with van der Waals surface area (Å²) >= 11 is 0. The largest absolute Gasteiger partial charge is 0.303 e. The van der Waals surface area contributed by atoms with E-state index in [9.17, 15) is 24.0 Å². The topological polar surface area (TPSA) is 85.3 Å². The Morgan fingerprint density at radius 3 is 1.05 bits per heavy atom. The van der Waals surface area contributed by atoms with Gasteiger partial charge in [0.15, 0.2) is 0 Å². The maximum atomic E-state index is 12.8. The second-order valence-electron chi connectivity index (χ2n) is 38.4. The predicted molar refractivity (Wildman–Crippen MR) is 394 cm³/mol. The Morgan fingerprint density at radius 2 is 0.716 bits per heavy atom. The third-order valence-corrected chi connectivity index (χ3v) is 33.5. The molecule has 0 aromatic carbocycles. The van der Waals surface area contributed by atoms with E-state index in [1.54, 1.807) is 22.3 Å². The van der Waals surface area contributed by atoms with Crippen molar-refractivity contribution in [3.8, 4) is 0 Å². The molecule has 0 N–H and O–H groups in total. The van der Waals surface area contributed by atoms with E-state index in [4.69, 9.17) is 0 Å². The minimum atomic E-state index is -0.00560. The summed E-state index contributed by atoms with van der Waals surface area (Å²) < 4.78 is 0. The summed E-state index contributed by atoms with van der Waals surface area (Å²) in [6, 6.07) is 0. The number of carbonyl (C=O) groups is 5. The molecule has 0 aromatic heterocycles. The van der Waals surface area contributed by atoms with Crippen LogP contribution < -0.4 is 0 Å². The number of fused-ring (bicyclic) bond motifs is 7.